The van der Waals surface area contributed by atoms with Crippen molar-refractivity contribution in [2.24, 2.45) is 0 Å². The van der Waals surface area contributed by atoms with Gasteiger partial charge in [0.25, 0.3) is 0 Å². The van der Waals surface area contributed by atoms with E-state index in [0.717, 1.165) is 16.5 Å². The van der Waals surface area contributed by atoms with Gasteiger partial charge in [0.2, 0.25) is 0 Å². The molecule has 0 bridgehead atoms. The van der Waals surface area contributed by atoms with Crippen molar-refractivity contribution in [1.82, 2.24) is 4.57 Å². The molecule has 4 heteroatoms. The molecule has 3 nitrogen and oxygen atoms in total. The molecule has 0 saturated carbocycles. The second-order valence-electron chi connectivity index (χ2n) is 4.89. The monoisotopic (exact) mass is 280 g/mol. The molecule has 0 spiro atoms. The van der Waals surface area contributed by atoms with Crippen LogP contribution in [0.2, 0.25) is 0 Å². The van der Waals surface area contributed by atoms with Crippen LogP contribution in [-0.4, -0.2) is 9.67 Å². The Hall–Kier alpha value is -2.64. The van der Waals surface area contributed by atoms with Gasteiger partial charge in [-0.25, -0.2) is 4.39 Å². The molecule has 3 rings (SSSR count). The highest BCUT2D eigenvalue weighted by Gasteiger charge is 2.09. The number of nitrogens with zero attached hydrogens (tertiary/aromatic N) is 2. The summed E-state index contributed by atoms with van der Waals surface area (Å²) in [6.45, 7) is 0.319. The molecule has 0 aliphatic rings. The highest BCUT2D eigenvalue weighted by atomic mass is 19.1. The van der Waals surface area contributed by atoms with Crippen LogP contribution >= 0.6 is 0 Å². The van der Waals surface area contributed by atoms with Gasteiger partial charge < -0.3 is 9.67 Å². The van der Waals surface area contributed by atoms with E-state index in [1.54, 1.807) is 12.1 Å². The number of aliphatic hydroxyl groups excluding tert-OH is 1. The van der Waals surface area contributed by atoms with Crippen LogP contribution in [0, 0.1) is 17.1 Å². The average molecular weight is 280 g/mol. The van der Waals surface area contributed by atoms with Gasteiger partial charge in [0.15, 0.2) is 0 Å². The summed E-state index contributed by atoms with van der Waals surface area (Å²) < 4.78 is 16.0. The summed E-state index contributed by atoms with van der Waals surface area (Å²) in [5, 5.41) is 19.1. The van der Waals surface area contributed by atoms with Gasteiger partial charge in [-0.05, 0) is 29.1 Å². The topological polar surface area (TPSA) is 49.0 Å². The maximum Gasteiger partial charge on any atom is 0.145 e. The van der Waals surface area contributed by atoms with Crippen molar-refractivity contribution in [1.29, 1.82) is 5.26 Å². The number of nitriles is 1. The third-order valence-corrected chi connectivity index (χ3v) is 3.56. The van der Waals surface area contributed by atoms with Crippen LogP contribution < -0.4 is 0 Å². The maximum absolute atomic E-state index is 14.1. The lowest BCUT2D eigenvalue weighted by atomic mass is 10.1. The van der Waals surface area contributed by atoms with Gasteiger partial charge in [0.1, 0.15) is 11.9 Å². The van der Waals surface area contributed by atoms with E-state index in [4.69, 9.17) is 5.26 Å². The Bertz CT molecular complexity index is 846. The highest BCUT2D eigenvalue weighted by Crippen LogP contribution is 2.21. The molecule has 0 amide bonds. The SMILES string of the molecule is N#Cc1cccc(Cn2ccc3ccc(CO)cc32)c1F. The van der Waals surface area contributed by atoms with Crippen LogP contribution in [0.25, 0.3) is 10.9 Å². The summed E-state index contributed by atoms with van der Waals surface area (Å²) in [5.41, 5.74) is 2.28. The fourth-order valence-corrected chi connectivity index (χ4v) is 2.44. The summed E-state index contributed by atoms with van der Waals surface area (Å²) in [5.74, 6) is -0.472. The fourth-order valence-electron chi connectivity index (χ4n) is 2.44. The van der Waals surface area contributed by atoms with Gasteiger partial charge in [-0.2, -0.15) is 5.26 Å². The second kappa shape index (κ2) is 5.39. The van der Waals surface area contributed by atoms with Gasteiger partial charge in [0, 0.05) is 17.3 Å². The van der Waals surface area contributed by atoms with E-state index in [2.05, 4.69) is 0 Å². The van der Waals surface area contributed by atoms with Gasteiger partial charge in [-0.15, -0.1) is 0 Å². The van der Waals surface area contributed by atoms with Gasteiger partial charge >= 0.3 is 0 Å². The van der Waals surface area contributed by atoms with Gasteiger partial charge in [-0.3, -0.25) is 0 Å². The average Bonchev–Trinajstić information content (AvgIpc) is 2.91. The van der Waals surface area contributed by atoms with Crippen LogP contribution in [0.1, 0.15) is 16.7 Å². The summed E-state index contributed by atoms with van der Waals surface area (Å²) in [6.07, 6.45) is 1.88. The largest absolute Gasteiger partial charge is 0.392 e. The molecule has 3 aromatic rings. The summed E-state index contributed by atoms with van der Waals surface area (Å²) in [4.78, 5) is 0. The van der Waals surface area contributed by atoms with Crippen LogP contribution in [0.15, 0.2) is 48.7 Å². The Labute approximate surface area is 121 Å². The number of halogens is 1. The van der Waals surface area contributed by atoms with Crippen molar-refractivity contribution in [3.05, 3.63) is 71.2 Å². The van der Waals surface area contributed by atoms with Crippen molar-refractivity contribution < 1.29 is 9.50 Å². The smallest absolute Gasteiger partial charge is 0.145 e. The Morgan fingerprint density at radius 3 is 2.81 bits per heavy atom. The molecule has 1 heterocycles. The van der Waals surface area contributed by atoms with E-state index >= 15 is 0 Å². The van der Waals surface area contributed by atoms with E-state index in [9.17, 15) is 9.50 Å². The minimum absolute atomic E-state index is 0.0284. The lowest BCUT2D eigenvalue weighted by Gasteiger charge is -2.08. The van der Waals surface area contributed by atoms with E-state index < -0.39 is 5.82 Å². The van der Waals surface area contributed by atoms with Crippen molar-refractivity contribution in [3.8, 4) is 6.07 Å². The molecule has 0 saturated heterocycles. The summed E-state index contributed by atoms with van der Waals surface area (Å²) >= 11 is 0. The highest BCUT2D eigenvalue weighted by molar-refractivity contribution is 5.80. The number of benzene rings is 2. The van der Waals surface area contributed by atoms with Crippen LogP contribution in [0.3, 0.4) is 0 Å². The van der Waals surface area contributed by atoms with E-state index in [1.807, 2.05) is 41.1 Å². The maximum atomic E-state index is 14.1. The Kier molecular flexibility index (Phi) is 3.43. The van der Waals surface area contributed by atoms with Crippen molar-refractivity contribution >= 4 is 10.9 Å². The molecule has 1 aromatic heterocycles. The van der Waals surface area contributed by atoms with Crippen molar-refractivity contribution in [2.45, 2.75) is 13.2 Å². The quantitative estimate of drug-likeness (QED) is 0.801. The third-order valence-electron chi connectivity index (χ3n) is 3.56. The molecule has 104 valence electrons. The zero-order valence-corrected chi connectivity index (χ0v) is 11.3. The van der Waals surface area contributed by atoms with Crippen molar-refractivity contribution in [2.75, 3.05) is 0 Å². The molecule has 0 radical (unpaired) electrons. The Balaban J connectivity index is 2.04. The fraction of sp³-hybridized carbons (Fsp3) is 0.118. The molecule has 0 aliphatic carbocycles. The Morgan fingerprint density at radius 1 is 1.19 bits per heavy atom. The first kappa shape index (κ1) is 13.3. The van der Waals surface area contributed by atoms with Gasteiger partial charge in [0.05, 0.1) is 18.7 Å². The normalized spacial score (nSPS) is 10.7. The van der Waals surface area contributed by atoms with Crippen LogP contribution in [-0.2, 0) is 13.2 Å². The lowest BCUT2D eigenvalue weighted by molar-refractivity contribution is 0.282. The molecular formula is C17H13FN2O. The van der Waals surface area contributed by atoms with Crippen LogP contribution in [0.5, 0.6) is 0 Å². The van der Waals surface area contributed by atoms with E-state index in [-0.39, 0.29) is 12.2 Å². The van der Waals surface area contributed by atoms with Crippen molar-refractivity contribution in [3.63, 3.8) is 0 Å². The zero-order chi connectivity index (χ0) is 14.8. The van der Waals surface area contributed by atoms with Gasteiger partial charge in [-0.1, -0.05) is 24.3 Å². The number of rotatable bonds is 3. The first-order chi connectivity index (χ1) is 10.2. The number of fused-ring (bicyclic) bond motifs is 1. The predicted molar refractivity (Wildman–Crippen MR) is 78.1 cm³/mol. The first-order valence-corrected chi connectivity index (χ1v) is 6.59. The molecule has 0 unspecified atom stereocenters. The summed E-state index contributed by atoms with van der Waals surface area (Å²) in [7, 11) is 0. The number of aliphatic hydroxyl groups is 1. The number of aromatic nitrogens is 1. The first-order valence-electron chi connectivity index (χ1n) is 6.59. The molecule has 0 atom stereocenters. The number of hydrogen-bond donors (Lipinski definition) is 1. The van der Waals surface area contributed by atoms with E-state index in [0.29, 0.717) is 12.1 Å². The minimum atomic E-state index is -0.472. The molecular weight excluding hydrogens is 267 g/mol. The third kappa shape index (κ3) is 2.39. The molecule has 21 heavy (non-hydrogen) atoms. The Morgan fingerprint density at radius 2 is 2.05 bits per heavy atom. The minimum Gasteiger partial charge on any atom is -0.392 e. The molecule has 0 fully saturated rings. The lowest BCUT2D eigenvalue weighted by Crippen LogP contribution is -2.02. The zero-order valence-electron chi connectivity index (χ0n) is 11.3. The second-order valence-corrected chi connectivity index (χ2v) is 4.89. The molecule has 0 aliphatic heterocycles. The predicted octanol–water partition coefficient (Wildman–Crippen LogP) is 3.19. The standard InChI is InChI=1S/C17H13FN2O/c18-17-14(9-19)2-1-3-15(17)10-20-7-6-13-5-4-12(11-21)8-16(13)20/h1-8,21H,10-11H2. The van der Waals surface area contributed by atoms with E-state index in [1.165, 1.54) is 6.07 Å². The summed E-state index contributed by atoms with van der Waals surface area (Å²) in [6, 6.07) is 14.3. The molecule has 2 aromatic carbocycles. The van der Waals surface area contributed by atoms with Crippen LogP contribution in [0.4, 0.5) is 4.39 Å². The molecule has 1 N–H and O–H groups in total. The number of hydrogen-bond acceptors (Lipinski definition) is 2.